The average Bonchev–Trinajstić information content (AvgIpc) is 2.00. The summed E-state index contributed by atoms with van der Waals surface area (Å²) in [6.45, 7) is 6.78. The molecule has 0 aromatic carbocycles. The highest BCUT2D eigenvalue weighted by Gasteiger charge is 2.02. The van der Waals surface area contributed by atoms with Gasteiger partial charge in [0.1, 0.15) is 0 Å². The third-order valence-electron chi connectivity index (χ3n) is 2.23. The maximum atomic E-state index is 8.38. The smallest absolute Gasteiger partial charge is 0.0621 e. The molecule has 0 rings (SSSR count). The Labute approximate surface area is 76.8 Å². The van der Waals surface area contributed by atoms with Crippen LogP contribution in [-0.2, 0) is 0 Å². The van der Waals surface area contributed by atoms with Crippen LogP contribution in [0.1, 0.15) is 52.9 Å². The van der Waals surface area contributed by atoms with Crippen molar-refractivity contribution >= 4 is 0 Å². The molecule has 0 aromatic heterocycles. The first-order valence-electron chi connectivity index (χ1n) is 5.03. The molecule has 0 aliphatic rings. The Bertz CT molecular complexity index is 132. The SMILES string of the molecule is CC(C)CCCC(C)CCC#N. The largest absolute Gasteiger partial charge is 0.198 e. The Hall–Kier alpha value is -0.510. The second-order valence-electron chi connectivity index (χ2n) is 4.13. The van der Waals surface area contributed by atoms with Gasteiger partial charge in [-0.25, -0.2) is 0 Å². The van der Waals surface area contributed by atoms with Gasteiger partial charge in [-0.3, -0.25) is 0 Å². The van der Waals surface area contributed by atoms with E-state index >= 15 is 0 Å². The van der Waals surface area contributed by atoms with Crippen molar-refractivity contribution in [3.05, 3.63) is 0 Å². The molecule has 0 spiro atoms. The molecule has 0 aromatic rings. The number of rotatable bonds is 6. The molecule has 0 bridgehead atoms. The van der Waals surface area contributed by atoms with E-state index in [9.17, 15) is 0 Å². The van der Waals surface area contributed by atoms with Crippen LogP contribution < -0.4 is 0 Å². The summed E-state index contributed by atoms with van der Waals surface area (Å²) in [6, 6.07) is 2.20. The molecule has 12 heavy (non-hydrogen) atoms. The zero-order chi connectivity index (χ0) is 9.40. The fourth-order valence-corrected chi connectivity index (χ4v) is 1.33. The summed E-state index contributed by atoms with van der Waals surface area (Å²) in [5.74, 6) is 1.57. The molecule has 0 saturated carbocycles. The Morgan fingerprint density at radius 2 is 1.75 bits per heavy atom. The normalized spacial score (nSPS) is 12.9. The summed E-state index contributed by atoms with van der Waals surface area (Å²) in [4.78, 5) is 0. The highest BCUT2D eigenvalue weighted by molar-refractivity contribution is 4.70. The minimum Gasteiger partial charge on any atom is -0.198 e. The van der Waals surface area contributed by atoms with E-state index in [2.05, 4.69) is 26.8 Å². The Kier molecular flexibility index (Phi) is 6.85. The Morgan fingerprint density at radius 1 is 1.08 bits per heavy atom. The van der Waals surface area contributed by atoms with Gasteiger partial charge >= 0.3 is 0 Å². The van der Waals surface area contributed by atoms with Gasteiger partial charge in [0.05, 0.1) is 6.07 Å². The van der Waals surface area contributed by atoms with Gasteiger partial charge in [-0.2, -0.15) is 5.26 Å². The number of hydrogen-bond acceptors (Lipinski definition) is 1. The van der Waals surface area contributed by atoms with Crippen molar-refractivity contribution in [3.8, 4) is 6.07 Å². The molecule has 1 nitrogen and oxygen atoms in total. The average molecular weight is 167 g/mol. The molecule has 0 N–H and O–H groups in total. The maximum Gasteiger partial charge on any atom is 0.0621 e. The molecule has 1 atom stereocenters. The Balaban J connectivity index is 3.20. The van der Waals surface area contributed by atoms with E-state index < -0.39 is 0 Å². The first kappa shape index (κ1) is 11.5. The van der Waals surface area contributed by atoms with Gasteiger partial charge in [-0.05, 0) is 18.3 Å². The maximum absolute atomic E-state index is 8.38. The highest BCUT2D eigenvalue weighted by atomic mass is 14.2. The first-order valence-corrected chi connectivity index (χ1v) is 5.03. The van der Waals surface area contributed by atoms with E-state index in [1.807, 2.05) is 0 Å². The van der Waals surface area contributed by atoms with Crippen molar-refractivity contribution in [2.24, 2.45) is 11.8 Å². The standard InChI is InChI=1S/C11H21N/c1-10(2)6-4-7-11(3)8-5-9-12/h10-11H,4-8H2,1-3H3. The molecular weight excluding hydrogens is 146 g/mol. The lowest BCUT2D eigenvalue weighted by Gasteiger charge is -2.09. The van der Waals surface area contributed by atoms with E-state index in [4.69, 9.17) is 5.26 Å². The van der Waals surface area contributed by atoms with Gasteiger partial charge in [-0.1, -0.05) is 40.0 Å². The van der Waals surface area contributed by atoms with Crippen LogP contribution in [-0.4, -0.2) is 0 Å². The number of nitrogens with zero attached hydrogens (tertiary/aromatic N) is 1. The second-order valence-corrected chi connectivity index (χ2v) is 4.13. The summed E-state index contributed by atoms with van der Waals surface area (Å²) >= 11 is 0. The second kappa shape index (κ2) is 7.16. The van der Waals surface area contributed by atoms with Crippen LogP contribution in [0.15, 0.2) is 0 Å². The van der Waals surface area contributed by atoms with Crippen molar-refractivity contribution in [2.75, 3.05) is 0 Å². The van der Waals surface area contributed by atoms with Crippen molar-refractivity contribution < 1.29 is 0 Å². The molecule has 1 unspecified atom stereocenters. The summed E-state index contributed by atoms with van der Waals surface area (Å²) < 4.78 is 0. The van der Waals surface area contributed by atoms with Crippen LogP contribution in [0.4, 0.5) is 0 Å². The van der Waals surface area contributed by atoms with E-state index in [1.165, 1.54) is 19.3 Å². The zero-order valence-corrected chi connectivity index (χ0v) is 8.64. The molecule has 0 aliphatic heterocycles. The molecule has 70 valence electrons. The van der Waals surface area contributed by atoms with E-state index in [0.29, 0.717) is 0 Å². The summed E-state index contributed by atoms with van der Waals surface area (Å²) in [5, 5.41) is 8.38. The zero-order valence-electron chi connectivity index (χ0n) is 8.64. The monoisotopic (exact) mass is 167 g/mol. The molecule has 1 heteroatoms. The predicted molar refractivity (Wildman–Crippen MR) is 52.7 cm³/mol. The fourth-order valence-electron chi connectivity index (χ4n) is 1.33. The lowest BCUT2D eigenvalue weighted by atomic mass is 9.96. The van der Waals surface area contributed by atoms with Crippen LogP contribution in [0, 0.1) is 23.2 Å². The van der Waals surface area contributed by atoms with Crippen LogP contribution in [0.3, 0.4) is 0 Å². The van der Waals surface area contributed by atoms with Gasteiger partial charge in [0.2, 0.25) is 0 Å². The minimum atomic E-state index is 0.725. The van der Waals surface area contributed by atoms with Gasteiger partial charge in [0.15, 0.2) is 0 Å². The van der Waals surface area contributed by atoms with Crippen molar-refractivity contribution in [2.45, 2.75) is 52.9 Å². The van der Waals surface area contributed by atoms with Crippen molar-refractivity contribution in [3.63, 3.8) is 0 Å². The quantitative estimate of drug-likeness (QED) is 0.591. The molecule has 0 aliphatic carbocycles. The van der Waals surface area contributed by atoms with Crippen molar-refractivity contribution in [1.82, 2.24) is 0 Å². The Morgan fingerprint density at radius 3 is 2.25 bits per heavy atom. The lowest BCUT2D eigenvalue weighted by molar-refractivity contribution is 0.440. The molecule has 0 heterocycles. The van der Waals surface area contributed by atoms with Gasteiger partial charge < -0.3 is 0 Å². The van der Waals surface area contributed by atoms with Gasteiger partial charge in [0.25, 0.3) is 0 Å². The fraction of sp³-hybridized carbons (Fsp3) is 0.909. The van der Waals surface area contributed by atoms with Crippen molar-refractivity contribution in [1.29, 1.82) is 5.26 Å². The topological polar surface area (TPSA) is 23.8 Å². The van der Waals surface area contributed by atoms with Crippen LogP contribution in [0.5, 0.6) is 0 Å². The number of hydrogen-bond donors (Lipinski definition) is 0. The van der Waals surface area contributed by atoms with E-state index in [1.54, 1.807) is 0 Å². The number of nitriles is 1. The van der Waals surface area contributed by atoms with Crippen LogP contribution in [0.25, 0.3) is 0 Å². The predicted octanol–water partition coefficient (Wildman–Crippen LogP) is 3.75. The third-order valence-corrected chi connectivity index (χ3v) is 2.23. The van der Waals surface area contributed by atoms with E-state index in [0.717, 1.165) is 24.7 Å². The van der Waals surface area contributed by atoms with Gasteiger partial charge in [-0.15, -0.1) is 0 Å². The van der Waals surface area contributed by atoms with Gasteiger partial charge in [0, 0.05) is 6.42 Å². The third kappa shape index (κ3) is 7.60. The van der Waals surface area contributed by atoms with Crippen LogP contribution >= 0.6 is 0 Å². The highest BCUT2D eigenvalue weighted by Crippen LogP contribution is 2.15. The molecule has 0 amide bonds. The van der Waals surface area contributed by atoms with Crippen LogP contribution in [0.2, 0.25) is 0 Å². The summed E-state index contributed by atoms with van der Waals surface area (Å²) in [6.07, 6.45) is 5.75. The molecule has 0 fully saturated rings. The molecule has 0 saturated heterocycles. The summed E-state index contributed by atoms with van der Waals surface area (Å²) in [7, 11) is 0. The summed E-state index contributed by atoms with van der Waals surface area (Å²) in [5.41, 5.74) is 0. The molecule has 0 radical (unpaired) electrons. The first-order chi connectivity index (χ1) is 5.66. The minimum absolute atomic E-state index is 0.725. The molecular formula is C11H21N. The lowest BCUT2D eigenvalue weighted by Crippen LogP contribution is -1.96. The van der Waals surface area contributed by atoms with E-state index in [-0.39, 0.29) is 0 Å².